The van der Waals surface area contributed by atoms with E-state index in [0.717, 1.165) is 17.7 Å². The molecule has 6 heteroatoms. The van der Waals surface area contributed by atoms with E-state index in [0.29, 0.717) is 18.9 Å². The van der Waals surface area contributed by atoms with Crippen molar-refractivity contribution in [2.24, 2.45) is 0 Å². The van der Waals surface area contributed by atoms with Crippen LogP contribution in [-0.2, 0) is 16.0 Å². The summed E-state index contributed by atoms with van der Waals surface area (Å²) in [7, 11) is 0. The maximum Gasteiger partial charge on any atom is 0.341 e. The number of esters is 1. The zero-order valence-electron chi connectivity index (χ0n) is 14.7. The molecule has 0 bridgehead atoms. The Morgan fingerprint density at radius 2 is 1.85 bits per heavy atom. The Morgan fingerprint density at radius 1 is 1.15 bits per heavy atom. The first-order valence-corrected chi connectivity index (χ1v) is 8.72. The molecule has 0 spiro atoms. The van der Waals surface area contributed by atoms with E-state index >= 15 is 0 Å². The molecule has 1 N–H and O–H groups in total. The topological polar surface area (TPSA) is 55.4 Å². The molecule has 0 heterocycles. The molecule has 0 aliphatic rings. The second-order valence-corrected chi connectivity index (χ2v) is 6.63. The molecule has 0 fully saturated rings. The van der Waals surface area contributed by atoms with Crippen LogP contribution in [0.3, 0.4) is 0 Å². The molecule has 2 aromatic rings. The quantitative estimate of drug-likeness (QED) is 0.738. The van der Waals surface area contributed by atoms with Crippen molar-refractivity contribution < 1.29 is 18.7 Å². The fourth-order valence-corrected chi connectivity index (χ4v) is 2.50. The summed E-state index contributed by atoms with van der Waals surface area (Å²) in [5.41, 5.74) is 2.07. The van der Waals surface area contributed by atoms with Crippen LogP contribution < -0.4 is 5.32 Å². The van der Waals surface area contributed by atoms with Gasteiger partial charge in [0.2, 0.25) is 0 Å². The Balaban J connectivity index is 1.75. The summed E-state index contributed by atoms with van der Waals surface area (Å²) in [5.74, 6) is -1.64. The van der Waals surface area contributed by atoms with E-state index in [4.69, 9.17) is 16.3 Å². The summed E-state index contributed by atoms with van der Waals surface area (Å²) >= 11 is 5.72. The lowest BCUT2D eigenvalue weighted by molar-refractivity contribution is -0.124. The molecular formula is C20H21ClFNO3. The Kier molecular flexibility index (Phi) is 7.16. The lowest BCUT2D eigenvalue weighted by Gasteiger charge is -2.09. The largest absolute Gasteiger partial charge is 0.452 e. The van der Waals surface area contributed by atoms with Crippen molar-refractivity contribution in [1.29, 1.82) is 0 Å². The molecule has 0 saturated carbocycles. The third kappa shape index (κ3) is 5.85. The molecule has 0 aliphatic carbocycles. The van der Waals surface area contributed by atoms with Gasteiger partial charge in [-0.2, -0.15) is 0 Å². The molecule has 2 rings (SSSR count). The summed E-state index contributed by atoms with van der Waals surface area (Å²) in [4.78, 5) is 23.6. The smallest absolute Gasteiger partial charge is 0.341 e. The molecular weight excluding hydrogens is 357 g/mol. The van der Waals surface area contributed by atoms with Gasteiger partial charge in [-0.15, -0.1) is 0 Å². The molecule has 0 radical (unpaired) electrons. The normalized spacial score (nSPS) is 10.7. The van der Waals surface area contributed by atoms with E-state index in [1.807, 2.05) is 12.1 Å². The zero-order chi connectivity index (χ0) is 19.1. The Hall–Kier alpha value is -2.40. The lowest BCUT2D eigenvalue weighted by Crippen LogP contribution is -2.30. The molecule has 2 aromatic carbocycles. The van der Waals surface area contributed by atoms with Gasteiger partial charge in [-0.25, -0.2) is 9.18 Å². The minimum absolute atomic E-state index is 0.214. The first kappa shape index (κ1) is 19.9. The zero-order valence-corrected chi connectivity index (χ0v) is 15.5. The number of carbonyl (C=O) groups excluding carboxylic acids is 2. The van der Waals surface area contributed by atoms with E-state index in [2.05, 4.69) is 31.3 Å². The van der Waals surface area contributed by atoms with Crippen LogP contribution in [0, 0.1) is 5.82 Å². The van der Waals surface area contributed by atoms with Crippen LogP contribution in [0.15, 0.2) is 42.5 Å². The minimum atomic E-state index is -0.926. The average Bonchev–Trinajstić information content (AvgIpc) is 2.62. The average molecular weight is 378 g/mol. The second kappa shape index (κ2) is 9.34. The van der Waals surface area contributed by atoms with E-state index in [-0.39, 0.29) is 10.6 Å². The number of ether oxygens (including phenoxy) is 1. The van der Waals surface area contributed by atoms with Crippen LogP contribution in [0.4, 0.5) is 4.39 Å². The highest BCUT2D eigenvalue weighted by molar-refractivity contribution is 6.30. The molecule has 26 heavy (non-hydrogen) atoms. The maximum absolute atomic E-state index is 13.6. The van der Waals surface area contributed by atoms with Crippen molar-refractivity contribution in [2.45, 2.75) is 26.2 Å². The SMILES string of the molecule is CC(C)c1ccc(CCNC(=O)COC(=O)c2cc(Cl)ccc2F)cc1. The summed E-state index contributed by atoms with van der Waals surface area (Å²) in [6.07, 6.45) is 0.668. The Bertz CT molecular complexity index is 775. The van der Waals surface area contributed by atoms with Crippen LogP contribution >= 0.6 is 11.6 Å². The number of amides is 1. The van der Waals surface area contributed by atoms with E-state index in [1.165, 1.54) is 11.6 Å². The number of benzene rings is 2. The van der Waals surface area contributed by atoms with Gasteiger partial charge >= 0.3 is 5.97 Å². The van der Waals surface area contributed by atoms with Gasteiger partial charge < -0.3 is 10.1 Å². The van der Waals surface area contributed by atoms with Crippen molar-refractivity contribution in [2.75, 3.05) is 13.2 Å². The van der Waals surface area contributed by atoms with Crippen molar-refractivity contribution >= 4 is 23.5 Å². The first-order valence-electron chi connectivity index (χ1n) is 8.34. The lowest BCUT2D eigenvalue weighted by atomic mass is 10.0. The predicted octanol–water partition coefficient (Wildman–Crippen LogP) is 4.12. The number of rotatable bonds is 7. The highest BCUT2D eigenvalue weighted by atomic mass is 35.5. The van der Waals surface area contributed by atoms with Crippen LogP contribution in [0.1, 0.15) is 41.3 Å². The maximum atomic E-state index is 13.6. The third-order valence-electron chi connectivity index (χ3n) is 3.86. The summed E-state index contributed by atoms with van der Waals surface area (Å²) in [6.45, 7) is 4.21. The molecule has 1 amide bonds. The van der Waals surface area contributed by atoms with Crippen LogP contribution in [0.25, 0.3) is 0 Å². The summed E-state index contributed by atoms with van der Waals surface area (Å²) < 4.78 is 18.4. The van der Waals surface area contributed by atoms with Gasteiger partial charge in [0, 0.05) is 11.6 Å². The van der Waals surface area contributed by atoms with Gasteiger partial charge in [0.15, 0.2) is 6.61 Å². The number of hydrogen-bond donors (Lipinski definition) is 1. The van der Waals surface area contributed by atoms with Crippen LogP contribution in [-0.4, -0.2) is 25.0 Å². The van der Waals surface area contributed by atoms with Crippen molar-refractivity contribution in [3.8, 4) is 0 Å². The number of halogens is 2. The van der Waals surface area contributed by atoms with Gasteiger partial charge in [0.1, 0.15) is 5.82 Å². The highest BCUT2D eigenvalue weighted by Gasteiger charge is 2.15. The highest BCUT2D eigenvalue weighted by Crippen LogP contribution is 2.16. The fraction of sp³-hybridized carbons (Fsp3) is 0.300. The van der Waals surface area contributed by atoms with E-state index in [1.54, 1.807) is 0 Å². The fourth-order valence-electron chi connectivity index (χ4n) is 2.33. The molecule has 0 unspecified atom stereocenters. The van der Waals surface area contributed by atoms with Crippen molar-refractivity contribution in [3.05, 3.63) is 70.0 Å². The molecule has 0 aromatic heterocycles. The van der Waals surface area contributed by atoms with Crippen molar-refractivity contribution in [1.82, 2.24) is 5.32 Å². The minimum Gasteiger partial charge on any atom is -0.452 e. The first-order chi connectivity index (χ1) is 12.4. The molecule has 0 atom stereocenters. The molecule has 4 nitrogen and oxygen atoms in total. The predicted molar refractivity (Wildman–Crippen MR) is 98.9 cm³/mol. The van der Waals surface area contributed by atoms with Crippen LogP contribution in [0.5, 0.6) is 0 Å². The molecule has 138 valence electrons. The summed E-state index contributed by atoms with van der Waals surface area (Å²) in [5, 5.41) is 2.88. The van der Waals surface area contributed by atoms with Gasteiger partial charge in [0.25, 0.3) is 5.91 Å². The number of hydrogen-bond acceptors (Lipinski definition) is 3. The Morgan fingerprint density at radius 3 is 2.50 bits per heavy atom. The number of carbonyl (C=O) groups is 2. The number of nitrogens with one attached hydrogen (secondary N) is 1. The van der Waals surface area contributed by atoms with Crippen molar-refractivity contribution in [3.63, 3.8) is 0 Å². The van der Waals surface area contributed by atoms with Gasteiger partial charge in [-0.3, -0.25) is 4.79 Å². The second-order valence-electron chi connectivity index (χ2n) is 6.20. The van der Waals surface area contributed by atoms with Gasteiger partial charge in [0.05, 0.1) is 5.56 Å². The van der Waals surface area contributed by atoms with Gasteiger partial charge in [-0.1, -0.05) is 49.7 Å². The van der Waals surface area contributed by atoms with Crippen LogP contribution in [0.2, 0.25) is 5.02 Å². The molecule has 0 saturated heterocycles. The third-order valence-corrected chi connectivity index (χ3v) is 4.10. The van der Waals surface area contributed by atoms with Gasteiger partial charge in [-0.05, 0) is 41.7 Å². The Labute approximate surface area is 157 Å². The summed E-state index contributed by atoms with van der Waals surface area (Å²) in [6, 6.07) is 11.8. The molecule has 0 aliphatic heterocycles. The standard InChI is InChI=1S/C20H21ClFNO3/c1-13(2)15-5-3-14(4-6-15)9-10-23-19(24)12-26-20(25)17-11-16(21)7-8-18(17)22/h3-8,11,13H,9-10,12H2,1-2H3,(H,23,24). The van der Waals surface area contributed by atoms with E-state index in [9.17, 15) is 14.0 Å². The van der Waals surface area contributed by atoms with E-state index < -0.39 is 24.3 Å². The monoisotopic (exact) mass is 377 g/mol.